The van der Waals surface area contributed by atoms with Crippen molar-refractivity contribution in [1.82, 2.24) is 9.78 Å². The fraction of sp³-hybridized carbons (Fsp3) is 0.522. The van der Waals surface area contributed by atoms with E-state index in [2.05, 4.69) is 15.2 Å². The van der Waals surface area contributed by atoms with Gasteiger partial charge in [0.15, 0.2) is 5.15 Å². The zero-order valence-corrected chi connectivity index (χ0v) is 22.6. The number of rotatable bonds is 8. The molecule has 1 aliphatic carbocycles. The summed E-state index contributed by atoms with van der Waals surface area (Å²) in [5.41, 5.74) is -2.90. The van der Waals surface area contributed by atoms with Gasteiger partial charge >= 0.3 is 18.2 Å². The number of anilines is 2. The summed E-state index contributed by atoms with van der Waals surface area (Å²) in [6.07, 6.45) is -4.15. The van der Waals surface area contributed by atoms with Crippen molar-refractivity contribution in [2.24, 2.45) is 5.92 Å². The predicted molar refractivity (Wildman–Crippen MR) is 133 cm³/mol. The van der Waals surface area contributed by atoms with E-state index >= 15 is 0 Å². The van der Waals surface area contributed by atoms with E-state index in [1.165, 1.54) is 36.0 Å². The molecule has 2 aliphatic rings. The number of alkyl halides is 3. The first kappa shape index (κ1) is 28.8. The van der Waals surface area contributed by atoms with Crippen LogP contribution in [0.25, 0.3) is 0 Å². The van der Waals surface area contributed by atoms with Crippen LogP contribution < -0.4 is 14.4 Å². The Balaban J connectivity index is 1.68. The number of aliphatic carboxylic acids is 1. The molecule has 1 aromatic carbocycles. The van der Waals surface area contributed by atoms with Crippen molar-refractivity contribution in [3.8, 4) is 5.75 Å². The van der Waals surface area contributed by atoms with E-state index in [1.54, 1.807) is 0 Å². The molecule has 2 unspecified atom stereocenters. The third kappa shape index (κ3) is 6.03. The standard InChI is InChI=1S/C23H26ClF3N4O7S/c1-12(20(32)33)8-15-10-31(39(35,36)18-11-30(14-5-6-14)29-19(18)24)16-9-13(4-7-17(16)37-15)28-21(34)38-22(2,3)23(25,26)27/h4,7,9,11-12,14-15H,5-6,8,10H2,1-3H3,(H,28,34)(H,32,33). The van der Waals surface area contributed by atoms with Crippen LogP contribution in [0.2, 0.25) is 5.15 Å². The van der Waals surface area contributed by atoms with Crippen LogP contribution in [0.1, 0.15) is 46.1 Å². The van der Waals surface area contributed by atoms with Crippen molar-refractivity contribution in [3.05, 3.63) is 29.5 Å². The van der Waals surface area contributed by atoms with Crippen LogP contribution in [-0.2, 0) is 19.6 Å². The highest BCUT2D eigenvalue weighted by molar-refractivity contribution is 7.93. The van der Waals surface area contributed by atoms with Gasteiger partial charge in [0.1, 0.15) is 16.7 Å². The molecule has 0 bridgehead atoms. The number of carbonyl (C=O) groups is 2. The number of sulfonamides is 1. The van der Waals surface area contributed by atoms with Crippen LogP contribution in [0, 0.1) is 5.92 Å². The predicted octanol–water partition coefficient (Wildman–Crippen LogP) is 4.83. The summed E-state index contributed by atoms with van der Waals surface area (Å²) < 4.78 is 79.8. The van der Waals surface area contributed by atoms with Crippen LogP contribution in [0.3, 0.4) is 0 Å². The number of fused-ring (bicyclic) bond motifs is 1. The second kappa shape index (κ2) is 10.1. The van der Waals surface area contributed by atoms with E-state index in [0.717, 1.165) is 17.1 Å². The first-order valence-corrected chi connectivity index (χ1v) is 13.7. The number of benzene rings is 1. The summed E-state index contributed by atoms with van der Waals surface area (Å²) in [6.45, 7) is 2.53. The van der Waals surface area contributed by atoms with Crippen LogP contribution in [0.15, 0.2) is 29.3 Å². The first-order valence-electron chi connectivity index (χ1n) is 11.9. The van der Waals surface area contributed by atoms with Gasteiger partial charge in [0.05, 0.1) is 24.2 Å². The highest BCUT2D eigenvalue weighted by Crippen LogP contribution is 2.42. The molecule has 2 N–H and O–H groups in total. The molecule has 1 amide bonds. The zero-order chi connectivity index (χ0) is 28.9. The SMILES string of the molecule is CC(CC1CN(S(=O)(=O)c2cn(C3CC3)nc2Cl)c2cc(NC(=O)OC(C)(C)C(F)(F)F)ccc2O1)C(=O)O. The first-order chi connectivity index (χ1) is 18.0. The van der Waals surface area contributed by atoms with Crippen molar-refractivity contribution < 1.29 is 45.8 Å². The third-order valence-electron chi connectivity index (χ3n) is 6.35. The number of hydrogen-bond acceptors (Lipinski definition) is 7. The summed E-state index contributed by atoms with van der Waals surface area (Å²) in [6, 6.07) is 3.84. The molecule has 39 heavy (non-hydrogen) atoms. The molecule has 11 nitrogen and oxygen atoms in total. The summed E-state index contributed by atoms with van der Waals surface area (Å²) in [4.78, 5) is 23.3. The lowest BCUT2D eigenvalue weighted by molar-refractivity contribution is -0.242. The minimum absolute atomic E-state index is 0.0191. The molecule has 4 rings (SSSR count). The van der Waals surface area contributed by atoms with Gasteiger partial charge in [0.25, 0.3) is 10.0 Å². The number of halogens is 4. The number of hydrogen-bond donors (Lipinski definition) is 2. The normalized spacial score (nSPS) is 18.6. The Morgan fingerprint density at radius 1 is 1.31 bits per heavy atom. The van der Waals surface area contributed by atoms with Crippen LogP contribution in [0.5, 0.6) is 5.75 Å². The average Bonchev–Trinajstić information content (AvgIpc) is 3.58. The number of nitrogens with zero attached hydrogens (tertiary/aromatic N) is 3. The second-order valence-corrected chi connectivity index (χ2v) is 12.1. The molecular formula is C23H26ClF3N4O7S. The van der Waals surface area contributed by atoms with E-state index in [9.17, 15) is 36.3 Å². The van der Waals surface area contributed by atoms with Crippen LogP contribution >= 0.6 is 11.6 Å². The second-order valence-electron chi connectivity index (χ2n) is 9.95. The molecule has 0 spiro atoms. The van der Waals surface area contributed by atoms with Crippen LogP contribution in [0.4, 0.5) is 29.3 Å². The molecule has 2 heterocycles. The molecule has 1 saturated carbocycles. The highest BCUT2D eigenvalue weighted by Gasteiger charge is 2.51. The maximum atomic E-state index is 13.8. The lowest BCUT2D eigenvalue weighted by atomic mass is 10.0. The van der Waals surface area contributed by atoms with Gasteiger partial charge in [0.2, 0.25) is 5.60 Å². The molecular weight excluding hydrogens is 569 g/mol. The molecule has 2 aromatic rings. The number of carboxylic acid groups (broad SMARTS) is 1. The number of amides is 1. The number of nitrogens with one attached hydrogen (secondary N) is 1. The lowest BCUT2D eigenvalue weighted by Gasteiger charge is -2.36. The maximum absolute atomic E-state index is 13.8. The number of carboxylic acids is 1. The van der Waals surface area contributed by atoms with Crippen LogP contribution in [-0.4, -0.2) is 59.8 Å². The van der Waals surface area contributed by atoms with Gasteiger partial charge in [-0.3, -0.25) is 19.1 Å². The van der Waals surface area contributed by atoms with Gasteiger partial charge in [-0.1, -0.05) is 18.5 Å². The van der Waals surface area contributed by atoms with Gasteiger partial charge < -0.3 is 14.6 Å². The number of carbonyl (C=O) groups excluding carboxylic acids is 1. The van der Waals surface area contributed by atoms with Crippen molar-refractivity contribution in [3.63, 3.8) is 0 Å². The fourth-order valence-corrected chi connectivity index (χ4v) is 5.76. The highest BCUT2D eigenvalue weighted by atomic mass is 35.5. The Labute approximate surface area is 226 Å². The van der Waals surface area contributed by atoms with Gasteiger partial charge in [-0.15, -0.1) is 0 Å². The Morgan fingerprint density at radius 2 is 1.97 bits per heavy atom. The quantitative estimate of drug-likeness (QED) is 0.443. The lowest BCUT2D eigenvalue weighted by Crippen LogP contribution is -2.45. The van der Waals surface area contributed by atoms with E-state index < -0.39 is 45.9 Å². The van der Waals surface area contributed by atoms with E-state index in [1.807, 2.05) is 0 Å². The fourth-order valence-electron chi connectivity index (χ4n) is 3.84. The Kier molecular flexibility index (Phi) is 7.44. The van der Waals surface area contributed by atoms with Gasteiger partial charge in [-0.25, -0.2) is 13.2 Å². The summed E-state index contributed by atoms with van der Waals surface area (Å²) in [7, 11) is -4.38. The number of ether oxygens (including phenoxy) is 2. The molecule has 2 atom stereocenters. The van der Waals surface area contributed by atoms with Gasteiger partial charge in [0, 0.05) is 11.9 Å². The van der Waals surface area contributed by atoms with Crippen molar-refractivity contribution in [2.75, 3.05) is 16.2 Å². The minimum Gasteiger partial charge on any atom is -0.486 e. The van der Waals surface area contributed by atoms with Crippen molar-refractivity contribution in [1.29, 1.82) is 0 Å². The molecule has 1 aromatic heterocycles. The third-order valence-corrected chi connectivity index (χ3v) is 8.52. The molecule has 1 aliphatic heterocycles. The smallest absolute Gasteiger partial charge is 0.427 e. The minimum atomic E-state index is -4.83. The van der Waals surface area contributed by atoms with Gasteiger partial charge in [-0.2, -0.15) is 18.3 Å². The number of aromatic nitrogens is 2. The molecule has 0 radical (unpaired) electrons. The largest absolute Gasteiger partial charge is 0.486 e. The van der Waals surface area contributed by atoms with Gasteiger partial charge in [-0.05, 0) is 51.3 Å². The van der Waals surface area contributed by atoms with E-state index in [4.69, 9.17) is 16.3 Å². The van der Waals surface area contributed by atoms with E-state index in [-0.39, 0.29) is 46.2 Å². The Bertz CT molecular complexity index is 1390. The molecule has 1 fully saturated rings. The Hall–Kier alpha value is -3.20. The van der Waals surface area contributed by atoms with Crippen molar-refractivity contribution in [2.45, 2.75) is 68.9 Å². The molecule has 0 saturated heterocycles. The summed E-state index contributed by atoms with van der Waals surface area (Å²) in [5.74, 6) is -1.89. The monoisotopic (exact) mass is 594 g/mol. The topological polar surface area (TPSA) is 140 Å². The Morgan fingerprint density at radius 3 is 2.56 bits per heavy atom. The average molecular weight is 595 g/mol. The van der Waals surface area contributed by atoms with Crippen molar-refractivity contribution >= 4 is 45.1 Å². The molecule has 214 valence electrons. The molecule has 16 heteroatoms. The van der Waals surface area contributed by atoms with E-state index in [0.29, 0.717) is 13.8 Å². The zero-order valence-electron chi connectivity index (χ0n) is 21.0. The maximum Gasteiger partial charge on any atom is 0.427 e. The summed E-state index contributed by atoms with van der Waals surface area (Å²) >= 11 is 6.20. The summed E-state index contributed by atoms with van der Waals surface area (Å²) in [5, 5.41) is 15.3.